The number of esters is 1. The van der Waals surface area contributed by atoms with Crippen molar-refractivity contribution in [1.29, 1.82) is 0 Å². The number of benzene rings is 1. The van der Waals surface area contributed by atoms with E-state index in [1.807, 2.05) is 0 Å². The van der Waals surface area contributed by atoms with Crippen molar-refractivity contribution in [3.63, 3.8) is 0 Å². The van der Waals surface area contributed by atoms with Crippen molar-refractivity contribution in [2.24, 2.45) is 0 Å². The first-order valence-corrected chi connectivity index (χ1v) is 4.20. The maximum atomic E-state index is 13.2. The molecule has 2 nitrogen and oxygen atoms in total. The number of carbonyl (C=O) groups is 1. The molecule has 0 amide bonds. The van der Waals surface area contributed by atoms with Gasteiger partial charge in [0.25, 0.3) is 0 Å². The molecule has 0 spiro atoms. The summed E-state index contributed by atoms with van der Waals surface area (Å²) in [4.78, 5) is 11.1. The van der Waals surface area contributed by atoms with Gasteiger partial charge in [0.15, 0.2) is 0 Å². The summed E-state index contributed by atoms with van der Waals surface area (Å²) in [6.07, 6.45) is 0.583. The van der Waals surface area contributed by atoms with E-state index >= 15 is 0 Å². The summed E-state index contributed by atoms with van der Waals surface area (Å²) < 4.78 is 18.0. The Morgan fingerprint density at radius 3 is 2.77 bits per heavy atom. The molecule has 0 N–H and O–H groups in total. The van der Waals surface area contributed by atoms with Crippen LogP contribution in [-0.2, 0) is 9.53 Å². The van der Waals surface area contributed by atoms with E-state index in [0.29, 0.717) is 18.6 Å². The first-order valence-electron chi connectivity index (χ1n) is 4.20. The van der Waals surface area contributed by atoms with Gasteiger partial charge in [-0.05, 0) is 12.5 Å². The highest BCUT2D eigenvalue weighted by Gasteiger charge is 2.29. The Kier molecular flexibility index (Phi) is 2.00. The Morgan fingerprint density at radius 1 is 1.38 bits per heavy atom. The number of ether oxygens (including phenoxy) is 1. The van der Waals surface area contributed by atoms with Gasteiger partial charge in [0.1, 0.15) is 5.82 Å². The second-order valence-electron chi connectivity index (χ2n) is 3.03. The molecule has 1 fully saturated rings. The van der Waals surface area contributed by atoms with Crippen LogP contribution in [0.25, 0.3) is 0 Å². The van der Waals surface area contributed by atoms with Gasteiger partial charge in [-0.1, -0.05) is 18.2 Å². The van der Waals surface area contributed by atoms with Gasteiger partial charge in [0.05, 0.1) is 12.5 Å². The largest absolute Gasteiger partial charge is 0.465 e. The van der Waals surface area contributed by atoms with Crippen molar-refractivity contribution in [1.82, 2.24) is 0 Å². The van der Waals surface area contributed by atoms with Gasteiger partial charge in [0, 0.05) is 5.56 Å². The summed E-state index contributed by atoms with van der Waals surface area (Å²) in [6.45, 7) is 0.401. The van der Waals surface area contributed by atoms with Crippen molar-refractivity contribution in [3.8, 4) is 0 Å². The van der Waals surface area contributed by atoms with Gasteiger partial charge in [0.2, 0.25) is 0 Å². The molecule has 0 saturated carbocycles. The quantitative estimate of drug-likeness (QED) is 0.616. The molecule has 0 aromatic heterocycles. The van der Waals surface area contributed by atoms with Crippen LogP contribution in [0.1, 0.15) is 17.9 Å². The first-order chi connectivity index (χ1) is 6.29. The van der Waals surface area contributed by atoms with Crippen LogP contribution in [0.15, 0.2) is 24.3 Å². The zero-order valence-corrected chi connectivity index (χ0v) is 7.00. The Hall–Kier alpha value is -1.38. The maximum absolute atomic E-state index is 13.2. The Labute approximate surface area is 75.3 Å². The van der Waals surface area contributed by atoms with Gasteiger partial charge in [-0.3, -0.25) is 4.79 Å². The third-order valence-electron chi connectivity index (χ3n) is 2.22. The highest BCUT2D eigenvalue weighted by Crippen LogP contribution is 2.27. The van der Waals surface area contributed by atoms with E-state index in [2.05, 4.69) is 0 Å². The molecule has 1 unspecified atom stereocenters. The molecule has 1 atom stereocenters. The Balaban J connectivity index is 2.34. The standard InChI is InChI=1S/C10H9FO2/c11-9-4-2-1-3-7(9)8-5-6-13-10(8)12/h1-4,8H,5-6H2. The molecular formula is C10H9FO2. The molecule has 0 bridgehead atoms. The summed E-state index contributed by atoms with van der Waals surface area (Å²) in [6, 6.07) is 6.33. The number of cyclic esters (lactones) is 1. The normalized spacial score (nSPS) is 21.6. The van der Waals surface area contributed by atoms with E-state index in [0.717, 1.165) is 0 Å². The highest BCUT2D eigenvalue weighted by atomic mass is 19.1. The third kappa shape index (κ3) is 1.41. The lowest BCUT2D eigenvalue weighted by Crippen LogP contribution is -2.07. The topological polar surface area (TPSA) is 26.3 Å². The number of halogens is 1. The summed E-state index contributed by atoms with van der Waals surface area (Å²) in [5.41, 5.74) is 0.449. The van der Waals surface area contributed by atoms with Crippen LogP contribution in [0.3, 0.4) is 0 Å². The number of hydrogen-bond donors (Lipinski definition) is 0. The predicted molar refractivity (Wildman–Crippen MR) is 44.7 cm³/mol. The van der Waals surface area contributed by atoms with Crippen LogP contribution in [0.5, 0.6) is 0 Å². The zero-order chi connectivity index (χ0) is 9.26. The molecule has 0 aliphatic carbocycles. The van der Waals surface area contributed by atoms with E-state index in [-0.39, 0.29) is 11.8 Å². The number of rotatable bonds is 1. The fourth-order valence-electron chi connectivity index (χ4n) is 1.54. The molecule has 0 radical (unpaired) electrons. The molecule has 1 aliphatic rings. The van der Waals surface area contributed by atoms with Gasteiger partial charge < -0.3 is 4.74 Å². The molecule has 3 heteroatoms. The molecular weight excluding hydrogens is 171 g/mol. The average molecular weight is 180 g/mol. The molecule has 68 valence electrons. The molecule has 1 saturated heterocycles. The first kappa shape index (κ1) is 8.23. The summed E-state index contributed by atoms with van der Waals surface area (Å²) in [5.74, 6) is -1.04. The average Bonchev–Trinajstić information content (AvgIpc) is 2.52. The van der Waals surface area contributed by atoms with Gasteiger partial charge in [-0.25, -0.2) is 4.39 Å². The summed E-state index contributed by atoms with van der Waals surface area (Å²) in [7, 11) is 0. The Morgan fingerprint density at radius 2 is 2.15 bits per heavy atom. The third-order valence-corrected chi connectivity index (χ3v) is 2.22. The lowest BCUT2D eigenvalue weighted by molar-refractivity contribution is -0.139. The number of carbonyl (C=O) groups excluding carboxylic acids is 1. The number of hydrogen-bond acceptors (Lipinski definition) is 2. The van der Waals surface area contributed by atoms with Crippen molar-refractivity contribution < 1.29 is 13.9 Å². The fraction of sp³-hybridized carbons (Fsp3) is 0.300. The van der Waals surface area contributed by atoms with Crippen LogP contribution in [0, 0.1) is 5.82 Å². The highest BCUT2D eigenvalue weighted by molar-refractivity contribution is 5.79. The SMILES string of the molecule is O=C1OCCC1c1ccccc1F. The van der Waals surface area contributed by atoms with Gasteiger partial charge >= 0.3 is 5.97 Å². The summed E-state index contributed by atoms with van der Waals surface area (Å²) >= 11 is 0. The molecule has 1 heterocycles. The second-order valence-corrected chi connectivity index (χ2v) is 3.03. The van der Waals surface area contributed by atoms with Crippen LogP contribution >= 0.6 is 0 Å². The van der Waals surface area contributed by atoms with Crippen LogP contribution in [0.2, 0.25) is 0 Å². The maximum Gasteiger partial charge on any atom is 0.313 e. The fourth-order valence-corrected chi connectivity index (χ4v) is 1.54. The predicted octanol–water partition coefficient (Wildman–Crippen LogP) is 1.86. The van der Waals surface area contributed by atoms with Crippen molar-refractivity contribution in [2.75, 3.05) is 6.61 Å². The van der Waals surface area contributed by atoms with E-state index < -0.39 is 5.92 Å². The van der Waals surface area contributed by atoms with E-state index in [1.165, 1.54) is 6.07 Å². The van der Waals surface area contributed by atoms with E-state index in [1.54, 1.807) is 18.2 Å². The molecule has 2 rings (SSSR count). The van der Waals surface area contributed by atoms with Crippen LogP contribution < -0.4 is 0 Å². The van der Waals surface area contributed by atoms with E-state index in [4.69, 9.17) is 4.74 Å². The van der Waals surface area contributed by atoms with Crippen LogP contribution in [-0.4, -0.2) is 12.6 Å². The lowest BCUT2D eigenvalue weighted by Gasteiger charge is -2.05. The minimum absolute atomic E-state index is 0.315. The molecule has 1 aromatic carbocycles. The molecule has 1 aliphatic heterocycles. The molecule has 13 heavy (non-hydrogen) atoms. The van der Waals surface area contributed by atoms with Crippen molar-refractivity contribution in [3.05, 3.63) is 35.6 Å². The Bertz CT molecular complexity index is 335. The van der Waals surface area contributed by atoms with E-state index in [9.17, 15) is 9.18 Å². The monoisotopic (exact) mass is 180 g/mol. The minimum Gasteiger partial charge on any atom is -0.465 e. The minimum atomic E-state index is -0.402. The van der Waals surface area contributed by atoms with Crippen molar-refractivity contribution >= 4 is 5.97 Å². The second kappa shape index (κ2) is 3.17. The lowest BCUT2D eigenvalue weighted by atomic mass is 9.97. The zero-order valence-electron chi connectivity index (χ0n) is 7.00. The van der Waals surface area contributed by atoms with Gasteiger partial charge in [-0.15, -0.1) is 0 Å². The smallest absolute Gasteiger partial charge is 0.313 e. The van der Waals surface area contributed by atoms with Gasteiger partial charge in [-0.2, -0.15) is 0 Å². The van der Waals surface area contributed by atoms with Crippen molar-refractivity contribution in [2.45, 2.75) is 12.3 Å². The summed E-state index contributed by atoms with van der Waals surface area (Å²) in [5, 5.41) is 0. The van der Waals surface area contributed by atoms with Crippen LogP contribution in [0.4, 0.5) is 4.39 Å². The molecule has 1 aromatic rings.